The Morgan fingerprint density at radius 2 is 1.04 bits per heavy atom. The molecule has 0 heterocycles. The molecule has 4 heteroatoms. The largest absolute Gasteiger partial charge is 0.465 e. The second-order valence-electron chi connectivity index (χ2n) is 5.95. The molecule has 24 heavy (non-hydrogen) atoms. The molecule has 2 aromatic rings. The third kappa shape index (κ3) is 3.18. The highest BCUT2D eigenvalue weighted by atomic mass is 16.5. The molecule has 0 spiro atoms. The number of esters is 2. The zero-order valence-electron chi connectivity index (χ0n) is 13.9. The van der Waals surface area contributed by atoms with E-state index in [-0.39, 0.29) is 11.9 Å². The number of aryl methyl sites for hydroxylation is 4. The van der Waals surface area contributed by atoms with Crippen LogP contribution in [-0.2, 0) is 35.2 Å². The normalized spacial score (nSPS) is 13.1. The maximum Gasteiger partial charge on any atom is 0.337 e. The van der Waals surface area contributed by atoms with Crippen molar-refractivity contribution >= 4 is 11.9 Å². The molecule has 0 amide bonds. The summed E-state index contributed by atoms with van der Waals surface area (Å²) in [4.78, 5) is 23.5. The first-order valence-corrected chi connectivity index (χ1v) is 8.02. The molecule has 0 saturated heterocycles. The number of methoxy groups -OCH3 is 2. The second kappa shape index (κ2) is 6.87. The summed E-state index contributed by atoms with van der Waals surface area (Å²) in [6.07, 6.45) is 3.50. The SMILES string of the molecule is COC(=O)c1ccc2c(c1)CCc1cc(C(=O)OC)ccc1CC2. The Kier molecular flexibility index (Phi) is 4.65. The van der Waals surface area contributed by atoms with Gasteiger partial charge in [-0.3, -0.25) is 0 Å². The van der Waals surface area contributed by atoms with E-state index < -0.39 is 0 Å². The monoisotopic (exact) mass is 324 g/mol. The third-order valence-electron chi connectivity index (χ3n) is 4.58. The predicted molar refractivity (Wildman–Crippen MR) is 90.4 cm³/mol. The Labute approximate surface area is 141 Å². The maximum absolute atomic E-state index is 11.7. The van der Waals surface area contributed by atoms with E-state index in [1.807, 2.05) is 36.4 Å². The maximum atomic E-state index is 11.7. The third-order valence-corrected chi connectivity index (χ3v) is 4.58. The van der Waals surface area contributed by atoms with Crippen molar-refractivity contribution in [1.29, 1.82) is 0 Å². The van der Waals surface area contributed by atoms with Crippen molar-refractivity contribution in [2.75, 3.05) is 14.2 Å². The van der Waals surface area contributed by atoms with Crippen LogP contribution in [-0.4, -0.2) is 26.2 Å². The van der Waals surface area contributed by atoms with Crippen molar-refractivity contribution in [1.82, 2.24) is 0 Å². The quantitative estimate of drug-likeness (QED) is 0.796. The molecule has 124 valence electrons. The summed E-state index contributed by atoms with van der Waals surface area (Å²) >= 11 is 0. The lowest BCUT2D eigenvalue weighted by Gasteiger charge is -2.18. The van der Waals surface area contributed by atoms with E-state index in [0.29, 0.717) is 11.1 Å². The summed E-state index contributed by atoms with van der Waals surface area (Å²) in [6, 6.07) is 11.6. The van der Waals surface area contributed by atoms with Crippen LogP contribution >= 0.6 is 0 Å². The molecule has 1 aliphatic carbocycles. The van der Waals surface area contributed by atoms with Gasteiger partial charge >= 0.3 is 11.9 Å². The lowest BCUT2D eigenvalue weighted by molar-refractivity contribution is 0.0591. The summed E-state index contributed by atoms with van der Waals surface area (Å²) in [6.45, 7) is 0. The van der Waals surface area contributed by atoms with Crippen LogP contribution in [0.25, 0.3) is 0 Å². The Hall–Kier alpha value is -2.62. The number of carbonyl (C=O) groups excluding carboxylic acids is 2. The second-order valence-corrected chi connectivity index (χ2v) is 5.95. The Morgan fingerprint density at radius 1 is 0.667 bits per heavy atom. The van der Waals surface area contributed by atoms with Crippen molar-refractivity contribution < 1.29 is 19.1 Å². The standard InChI is InChI=1S/C20H20O4/c1-23-19(21)17-9-5-13-3-4-14-6-10-18(20(22)24-2)12-16(14)8-7-15(13)11-17/h5-6,9-12H,3-4,7-8H2,1-2H3. The van der Waals surface area contributed by atoms with Crippen molar-refractivity contribution in [3.63, 3.8) is 0 Å². The van der Waals surface area contributed by atoms with Crippen LogP contribution in [0.3, 0.4) is 0 Å². The molecule has 0 radical (unpaired) electrons. The molecule has 2 aromatic carbocycles. The van der Waals surface area contributed by atoms with Crippen LogP contribution in [0.15, 0.2) is 36.4 Å². The Bertz CT molecular complexity index is 725. The van der Waals surface area contributed by atoms with Gasteiger partial charge < -0.3 is 9.47 Å². The van der Waals surface area contributed by atoms with Crippen molar-refractivity contribution in [3.8, 4) is 0 Å². The van der Waals surface area contributed by atoms with Gasteiger partial charge in [0.05, 0.1) is 25.3 Å². The first-order chi connectivity index (χ1) is 11.6. The van der Waals surface area contributed by atoms with E-state index in [4.69, 9.17) is 9.47 Å². The van der Waals surface area contributed by atoms with Crippen LogP contribution in [0.5, 0.6) is 0 Å². The molecule has 0 saturated carbocycles. The van der Waals surface area contributed by atoms with Gasteiger partial charge in [0, 0.05) is 0 Å². The highest BCUT2D eigenvalue weighted by Crippen LogP contribution is 2.24. The van der Waals surface area contributed by atoms with E-state index in [0.717, 1.165) is 25.7 Å². The van der Waals surface area contributed by atoms with Gasteiger partial charge in [0.25, 0.3) is 0 Å². The lowest BCUT2D eigenvalue weighted by atomic mass is 9.87. The molecule has 1 aliphatic rings. The van der Waals surface area contributed by atoms with Crippen molar-refractivity contribution in [3.05, 3.63) is 69.8 Å². The van der Waals surface area contributed by atoms with E-state index in [1.165, 1.54) is 36.5 Å². The molecule has 3 rings (SSSR count). The van der Waals surface area contributed by atoms with Gasteiger partial charge in [0.1, 0.15) is 0 Å². The van der Waals surface area contributed by atoms with Gasteiger partial charge in [-0.2, -0.15) is 0 Å². The van der Waals surface area contributed by atoms with Gasteiger partial charge in [-0.15, -0.1) is 0 Å². The van der Waals surface area contributed by atoms with Gasteiger partial charge in [0.2, 0.25) is 0 Å². The van der Waals surface area contributed by atoms with E-state index in [9.17, 15) is 9.59 Å². The number of hydrogen-bond acceptors (Lipinski definition) is 4. The van der Waals surface area contributed by atoms with Gasteiger partial charge in [0.15, 0.2) is 0 Å². The average Bonchev–Trinajstić information content (AvgIpc) is 2.61. The van der Waals surface area contributed by atoms with E-state index in [1.54, 1.807) is 0 Å². The van der Waals surface area contributed by atoms with Crippen molar-refractivity contribution in [2.45, 2.75) is 25.7 Å². The molecule has 0 bridgehead atoms. The fourth-order valence-electron chi connectivity index (χ4n) is 3.23. The molecule has 0 fully saturated rings. The zero-order valence-corrected chi connectivity index (χ0v) is 13.9. The number of benzene rings is 2. The number of ether oxygens (including phenoxy) is 2. The fraction of sp³-hybridized carbons (Fsp3) is 0.300. The van der Waals surface area contributed by atoms with Crippen LogP contribution < -0.4 is 0 Å². The molecular formula is C20H20O4. The minimum Gasteiger partial charge on any atom is -0.465 e. The number of hydrogen-bond donors (Lipinski definition) is 0. The highest BCUT2D eigenvalue weighted by Gasteiger charge is 2.16. The van der Waals surface area contributed by atoms with Crippen molar-refractivity contribution in [2.24, 2.45) is 0 Å². The lowest BCUT2D eigenvalue weighted by Crippen LogP contribution is -2.10. The van der Waals surface area contributed by atoms with Gasteiger partial charge in [-0.1, -0.05) is 12.1 Å². The van der Waals surface area contributed by atoms with Crippen LogP contribution in [0.2, 0.25) is 0 Å². The number of carbonyl (C=O) groups is 2. The topological polar surface area (TPSA) is 52.6 Å². The molecule has 0 aromatic heterocycles. The molecule has 0 N–H and O–H groups in total. The predicted octanol–water partition coefficient (Wildman–Crippen LogP) is 3.14. The number of rotatable bonds is 2. The number of fused-ring (bicyclic) bond motifs is 2. The molecule has 0 aliphatic heterocycles. The summed E-state index contributed by atoms with van der Waals surface area (Å²) in [7, 11) is 2.78. The highest BCUT2D eigenvalue weighted by molar-refractivity contribution is 5.90. The first-order valence-electron chi connectivity index (χ1n) is 8.02. The summed E-state index contributed by atoms with van der Waals surface area (Å²) < 4.78 is 9.61. The fourth-order valence-corrected chi connectivity index (χ4v) is 3.23. The van der Waals surface area contributed by atoms with E-state index in [2.05, 4.69) is 0 Å². The molecule has 0 atom stereocenters. The Balaban J connectivity index is 1.90. The summed E-state index contributed by atoms with van der Waals surface area (Å²) in [5, 5.41) is 0. The summed E-state index contributed by atoms with van der Waals surface area (Å²) in [5.74, 6) is -0.624. The van der Waals surface area contributed by atoms with Crippen LogP contribution in [0.1, 0.15) is 43.0 Å². The molecule has 0 unspecified atom stereocenters. The summed E-state index contributed by atoms with van der Waals surface area (Å²) in [5.41, 5.74) is 6.05. The Morgan fingerprint density at radius 3 is 1.42 bits per heavy atom. The molecular weight excluding hydrogens is 304 g/mol. The van der Waals surface area contributed by atoms with Crippen LogP contribution in [0, 0.1) is 0 Å². The first kappa shape index (κ1) is 16.2. The van der Waals surface area contributed by atoms with E-state index >= 15 is 0 Å². The zero-order chi connectivity index (χ0) is 17.1. The van der Waals surface area contributed by atoms with Gasteiger partial charge in [-0.05, 0) is 72.2 Å². The average molecular weight is 324 g/mol. The molecule has 4 nitrogen and oxygen atoms in total. The minimum absolute atomic E-state index is 0.312. The van der Waals surface area contributed by atoms with Crippen LogP contribution in [0.4, 0.5) is 0 Å². The smallest absolute Gasteiger partial charge is 0.337 e. The minimum atomic E-state index is -0.312. The van der Waals surface area contributed by atoms with Gasteiger partial charge in [-0.25, -0.2) is 9.59 Å².